The van der Waals surface area contributed by atoms with Crippen molar-refractivity contribution in [3.63, 3.8) is 0 Å². The number of aromatic nitrogens is 2. The number of amides is 1. The number of hydrogen-bond donors (Lipinski definition) is 2. The first-order chi connectivity index (χ1) is 12.1. The number of anilines is 1. The summed E-state index contributed by atoms with van der Waals surface area (Å²) < 4.78 is 1.75. The summed E-state index contributed by atoms with van der Waals surface area (Å²) in [5, 5.41) is 17.8. The minimum atomic E-state index is -0.129. The van der Waals surface area contributed by atoms with Crippen molar-refractivity contribution in [2.75, 3.05) is 5.32 Å². The molecule has 4 rings (SSSR count). The minimum absolute atomic E-state index is 0.0678. The van der Waals surface area contributed by atoms with E-state index in [1.54, 1.807) is 29.1 Å². The number of carbonyl (C=O) groups excluding carboxylic acids is 1. The average molecular weight is 354 g/mol. The van der Waals surface area contributed by atoms with Crippen LogP contribution < -0.4 is 5.32 Å². The quantitative estimate of drug-likeness (QED) is 0.753. The predicted octanol–water partition coefficient (Wildman–Crippen LogP) is 3.76. The second-order valence-electron chi connectivity index (χ2n) is 6.10. The third kappa shape index (κ3) is 2.98. The maximum atomic E-state index is 12.2. The summed E-state index contributed by atoms with van der Waals surface area (Å²) in [7, 11) is 0. The van der Waals surface area contributed by atoms with Gasteiger partial charge in [0, 0.05) is 22.9 Å². The molecule has 1 atom stereocenters. The third-order valence-corrected chi connectivity index (χ3v) is 4.81. The van der Waals surface area contributed by atoms with Crippen LogP contribution >= 0.6 is 11.6 Å². The molecule has 25 heavy (non-hydrogen) atoms. The number of nitrogens with one attached hydrogen (secondary N) is 1. The molecule has 2 heterocycles. The summed E-state index contributed by atoms with van der Waals surface area (Å²) in [5.74, 6) is 0.676. The summed E-state index contributed by atoms with van der Waals surface area (Å²) in [6, 6.07) is 14.6. The van der Waals surface area contributed by atoms with Crippen molar-refractivity contribution < 1.29 is 9.90 Å². The SMILES string of the molecule is O=C1C[C@H](c2cccc(O)c2)c2cnn(Cc3ccccc3Cl)c2N1. The Balaban J connectivity index is 1.73. The standard InChI is InChI=1S/C19H16ClN3O2/c20-17-7-2-1-4-13(17)11-23-19-16(10-21-23)15(9-18(25)22-19)12-5-3-6-14(24)8-12/h1-8,10,15,24H,9,11H2,(H,22,25)/t15-/m1/s1. The Morgan fingerprint density at radius 2 is 2.08 bits per heavy atom. The van der Waals surface area contributed by atoms with Gasteiger partial charge in [-0.1, -0.05) is 41.9 Å². The zero-order valence-electron chi connectivity index (χ0n) is 13.3. The summed E-state index contributed by atoms with van der Waals surface area (Å²) in [6.45, 7) is 0.474. The first-order valence-electron chi connectivity index (χ1n) is 7.99. The van der Waals surface area contributed by atoms with Crippen molar-refractivity contribution in [1.29, 1.82) is 0 Å². The second kappa shape index (κ2) is 6.26. The van der Waals surface area contributed by atoms with E-state index in [2.05, 4.69) is 10.4 Å². The number of phenolic OH excluding ortho intramolecular Hbond substituents is 1. The van der Waals surface area contributed by atoms with E-state index in [9.17, 15) is 9.90 Å². The lowest BCUT2D eigenvalue weighted by Crippen LogP contribution is -2.25. The fourth-order valence-corrected chi connectivity index (χ4v) is 3.41. The van der Waals surface area contributed by atoms with Crippen molar-refractivity contribution in [1.82, 2.24) is 9.78 Å². The van der Waals surface area contributed by atoms with Crippen LogP contribution in [0.5, 0.6) is 5.75 Å². The Kier molecular flexibility index (Phi) is 3.93. The number of phenols is 1. The van der Waals surface area contributed by atoms with Gasteiger partial charge in [-0.2, -0.15) is 5.10 Å². The van der Waals surface area contributed by atoms with Gasteiger partial charge in [-0.05, 0) is 29.3 Å². The largest absolute Gasteiger partial charge is 0.508 e. The summed E-state index contributed by atoms with van der Waals surface area (Å²) >= 11 is 6.24. The lowest BCUT2D eigenvalue weighted by Gasteiger charge is -2.24. The number of hydrogen-bond acceptors (Lipinski definition) is 3. The number of fused-ring (bicyclic) bond motifs is 1. The zero-order valence-corrected chi connectivity index (χ0v) is 14.1. The van der Waals surface area contributed by atoms with Crippen LogP contribution in [0, 0.1) is 0 Å². The van der Waals surface area contributed by atoms with Gasteiger partial charge >= 0.3 is 0 Å². The van der Waals surface area contributed by atoms with Crippen molar-refractivity contribution >= 4 is 23.3 Å². The number of nitrogens with zero attached hydrogens (tertiary/aromatic N) is 2. The third-order valence-electron chi connectivity index (χ3n) is 4.44. The highest BCUT2D eigenvalue weighted by Gasteiger charge is 2.30. The molecular weight excluding hydrogens is 338 g/mol. The van der Waals surface area contributed by atoms with Crippen LogP contribution in [-0.2, 0) is 11.3 Å². The average Bonchev–Trinajstić information content (AvgIpc) is 2.99. The van der Waals surface area contributed by atoms with E-state index in [0.717, 1.165) is 16.7 Å². The fraction of sp³-hybridized carbons (Fsp3) is 0.158. The Morgan fingerprint density at radius 3 is 2.88 bits per heavy atom. The molecule has 0 fully saturated rings. The van der Waals surface area contributed by atoms with E-state index in [1.165, 1.54) is 0 Å². The molecule has 5 nitrogen and oxygen atoms in total. The minimum Gasteiger partial charge on any atom is -0.508 e. The van der Waals surface area contributed by atoms with Gasteiger partial charge in [-0.3, -0.25) is 4.79 Å². The summed E-state index contributed by atoms with van der Waals surface area (Å²) in [5.41, 5.74) is 2.77. The predicted molar refractivity (Wildman–Crippen MR) is 96.0 cm³/mol. The van der Waals surface area contributed by atoms with Gasteiger partial charge in [0.05, 0.1) is 12.7 Å². The number of aromatic hydroxyl groups is 1. The van der Waals surface area contributed by atoms with Gasteiger partial charge in [0.1, 0.15) is 11.6 Å². The smallest absolute Gasteiger partial charge is 0.226 e. The molecule has 3 aromatic rings. The molecule has 1 amide bonds. The Labute approximate surface area is 149 Å². The number of benzene rings is 2. The Bertz CT molecular complexity index is 951. The van der Waals surface area contributed by atoms with Crippen molar-refractivity contribution in [3.8, 4) is 5.75 Å². The fourth-order valence-electron chi connectivity index (χ4n) is 3.22. The van der Waals surface area contributed by atoms with Gasteiger partial charge < -0.3 is 10.4 Å². The molecule has 1 aliphatic rings. The molecule has 2 aromatic carbocycles. The molecule has 1 aromatic heterocycles. The summed E-state index contributed by atoms with van der Waals surface area (Å²) in [4.78, 5) is 12.2. The topological polar surface area (TPSA) is 67.1 Å². The summed E-state index contributed by atoms with van der Waals surface area (Å²) in [6.07, 6.45) is 2.11. The van der Waals surface area contributed by atoms with Crippen LogP contribution in [0.15, 0.2) is 54.7 Å². The lowest BCUT2D eigenvalue weighted by molar-refractivity contribution is -0.116. The van der Waals surface area contributed by atoms with E-state index in [1.807, 2.05) is 30.3 Å². The molecule has 0 saturated heterocycles. The first kappa shape index (κ1) is 15.7. The lowest BCUT2D eigenvalue weighted by atomic mass is 9.87. The maximum absolute atomic E-state index is 12.2. The molecule has 0 aliphatic carbocycles. The normalized spacial score (nSPS) is 16.4. The molecule has 6 heteroatoms. The van der Waals surface area contributed by atoms with E-state index in [-0.39, 0.29) is 17.6 Å². The van der Waals surface area contributed by atoms with Crippen molar-refractivity contribution in [2.24, 2.45) is 0 Å². The highest BCUT2D eigenvalue weighted by molar-refractivity contribution is 6.31. The maximum Gasteiger partial charge on any atom is 0.226 e. The Morgan fingerprint density at radius 1 is 1.24 bits per heavy atom. The van der Waals surface area contributed by atoms with Gasteiger partial charge in [0.2, 0.25) is 5.91 Å². The number of rotatable bonds is 3. The molecule has 2 N–H and O–H groups in total. The van der Waals surface area contributed by atoms with E-state index in [0.29, 0.717) is 23.8 Å². The molecule has 0 saturated carbocycles. The zero-order chi connectivity index (χ0) is 17.4. The van der Waals surface area contributed by atoms with Gasteiger partial charge in [-0.25, -0.2) is 4.68 Å². The van der Waals surface area contributed by atoms with Gasteiger partial charge in [0.25, 0.3) is 0 Å². The highest BCUT2D eigenvalue weighted by Crippen LogP contribution is 2.38. The molecule has 0 spiro atoms. The highest BCUT2D eigenvalue weighted by atomic mass is 35.5. The molecule has 126 valence electrons. The van der Waals surface area contributed by atoms with Crippen LogP contribution in [0.3, 0.4) is 0 Å². The Hall–Kier alpha value is -2.79. The van der Waals surface area contributed by atoms with E-state index in [4.69, 9.17) is 11.6 Å². The molecule has 0 unspecified atom stereocenters. The molecule has 0 bridgehead atoms. The van der Waals surface area contributed by atoms with Crippen LogP contribution in [0.4, 0.5) is 5.82 Å². The van der Waals surface area contributed by atoms with E-state index < -0.39 is 0 Å². The van der Waals surface area contributed by atoms with E-state index >= 15 is 0 Å². The van der Waals surface area contributed by atoms with Crippen molar-refractivity contribution in [3.05, 3.63) is 76.4 Å². The number of carbonyl (C=O) groups is 1. The van der Waals surface area contributed by atoms with Crippen LogP contribution in [0.1, 0.15) is 29.0 Å². The van der Waals surface area contributed by atoms with Gasteiger partial charge in [0.15, 0.2) is 0 Å². The first-order valence-corrected chi connectivity index (χ1v) is 8.37. The van der Waals surface area contributed by atoms with Crippen molar-refractivity contribution in [2.45, 2.75) is 18.9 Å². The van der Waals surface area contributed by atoms with Gasteiger partial charge in [-0.15, -0.1) is 0 Å². The van der Waals surface area contributed by atoms with Crippen LogP contribution in [-0.4, -0.2) is 20.8 Å². The second-order valence-corrected chi connectivity index (χ2v) is 6.50. The molecule has 0 radical (unpaired) electrons. The number of halogens is 1. The van der Waals surface area contributed by atoms with Crippen LogP contribution in [0.25, 0.3) is 0 Å². The van der Waals surface area contributed by atoms with Crippen LogP contribution in [0.2, 0.25) is 5.02 Å². The molecular formula is C19H16ClN3O2. The molecule has 1 aliphatic heterocycles. The monoisotopic (exact) mass is 353 g/mol.